The van der Waals surface area contributed by atoms with E-state index in [1.54, 1.807) is 30.3 Å². The smallest absolute Gasteiger partial charge is 0.263 e. The Bertz CT molecular complexity index is 931. The van der Waals surface area contributed by atoms with Crippen molar-refractivity contribution < 1.29 is 14.3 Å². The molecule has 0 aliphatic carbocycles. The minimum absolute atomic E-state index is 0.225. The van der Waals surface area contributed by atoms with Gasteiger partial charge in [-0.1, -0.05) is 47.2 Å². The van der Waals surface area contributed by atoms with Crippen LogP contribution < -0.4 is 14.8 Å². The topological polar surface area (TPSA) is 47.6 Å². The highest BCUT2D eigenvalue weighted by molar-refractivity contribution is 8.26. The summed E-state index contributed by atoms with van der Waals surface area (Å²) < 4.78 is 11.9. The molecule has 3 rings (SSSR count). The van der Waals surface area contributed by atoms with Crippen molar-refractivity contribution in [2.45, 2.75) is 6.92 Å². The van der Waals surface area contributed by atoms with Crippen LogP contribution in [0, 0.1) is 6.92 Å². The predicted octanol–water partition coefficient (Wildman–Crippen LogP) is 5.25. The van der Waals surface area contributed by atoms with E-state index >= 15 is 0 Å². The van der Waals surface area contributed by atoms with Gasteiger partial charge in [0.05, 0.1) is 4.91 Å². The second kappa shape index (κ2) is 8.97. The molecular formula is C19H15Cl2NO3S2. The number of rotatable bonds is 6. The molecule has 2 aromatic carbocycles. The van der Waals surface area contributed by atoms with Gasteiger partial charge in [0.2, 0.25) is 0 Å². The van der Waals surface area contributed by atoms with Crippen LogP contribution in [0.3, 0.4) is 0 Å². The SMILES string of the molecule is Cc1cc(OCCOc2ccc(Cl)cc2/C=C2\SC(=S)NC2=O)ccc1Cl. The van der Waals surface area contributed by atoms with E-state index in [2.05, 4.69) is 5.32 Å². The van der Waals surface area contributed by atoms with Crippen molar-refractivity contribution in [2.75, 3.05) is 13.2 Å². The molecule has 1 aliphatic heterocycles. The molecule has 0 aromatic heterocycles. The zero-order chi connectivity index (χ0) is 19.4. The van der Waals surface area contributed by atoms with E-state index < -0.39 is 0 Å². The van der Waals surface area contributed by atoms with Crippen LogP contribution in [0.4, 0.5) is 0 Å². The molecule has 0 bridgehead atoms. The second-order valence-electron chi connectivity index (χ2n) is 5.64. The summed E-state index contributed by atoms with van der Waals surface area (Å²) in [5.74, 6) is 1.11. The van der Waals surface area contributed by atoms with Crippen molar-refractivity contribution in [2.24, 2.45) is 0 Å². The Hall–Kier alpha value is -1.73. The largest absolute Gasteiger partial charge is 0.490 e. The normalized spacial score (nSPS) is 15.1. The number of nitrogens with one attached hydrogen (secondary N) is 1. The van der Waals surface area contributed by atoms with Gasteiger partial charge in [0.25, 0.3) is 5.91 Å². The summed E-state index contributed by atoms with van der Waals surface area (Å²) in [7, 11) is 0. The Balaban J connectivity index is 1.65. The Morgan fingerprint density at radius 1 is 1.15 bits per heavy atom. The number of hydrogen-bond acceptors (Lipinski definition) is 5. The molecule has 0 spiro atoms. The molecule has 1 fully saturated rings. The van der Waals surface area contributed by atoms with Gasteiger partial charge in [0.15, 0.2) is 0 Å². The first kappa shape index (κ1) is 20.0. The van der Waals surface area contributed by atoms with Crippen molar-refractivity contribution in [3.8, 4) is 11.5 Å². The van der Waals surface area contributed by atoms with E-state index in [4.69, 9.17) is 44.9 Å². The summed E-state index contributed by atoms with van der Waals surface area (Å²) in [5, 5.41) is 3.83. The quantitative estimate of drug-likeness (QED) is 0.378. The molecule has 1 N–H and O–H groups in total. The Morgan fingerprint density at radius 2 is 1.93 bits per heavy atom. The Labute approximate surface area is 176 Å². The second-order valence-corrected chi connectivity index (χ2v) is 8.20. The van der Waals surface area contributed by atoms with E-state index in [1.807, 2.05) is 19.1 Å². The van der Waals surface area contributed by atoms with Crippen LogP contribution in [0.25, 0.3) is 6.08 Å². The summed E-state index contributed by atoms with van der Waals surface area (Å²) >= 11 is 18.3. The standard InChI is InChI=1S/C19H15Cl2NO3S2/c1-11-8-14(3-4-15(11)21)24-6-7-25-16-5-2-13(20)9-12(16)10-17-18(23)22-19(26)27-17/h2-5,8-10H,6-7H2,1H3,(H,22,23,26)/b17-10-. The highest BCUT2D eigenvalue weighted by Gasteiger charge is 2.22. The minimum Gasteiger partial charge on any atom is -0.490 e. The highest BCUT2D eigenvalue weighted by atomic mass is 35.5. The van der Waals surface area contributed by atoms with E-state index in [1.165, 1.54) is 11.8 Å². The van der Waals surface area contributed by atoms with Crippen LogP contribution in [0.1, 0.15) is 11.1 Å². The van der Waals surface area contributed by atoms with Crippen LogP contribution in [-0.2, 0) is 4.79 Å². The lowest BCUT2D eigenvalue weighted by atomic mass is 10.2. The van der Waals surface area contributed by atoms with Gasteiger partial charge in [-0.3, -0.25) is 4.79 Å². The summed E-state index contributed by atoms with van der Waals surface area (Å²) in [6, 6.07) is 10.7. The zero-order valence-corrected chi connectivity index (χ0v) is 17.4. The van der Waals surface area contributed by atoms with Crippen molar-refractivity contribution in [1.29, 1.82) is 0 Å². The number of benzene rings is 2. The predicted molar refractivity (Wildman–Crippen MR) is 115 cm³/mol. The zero-order valence-electron chi connectivity index (χ0n) is 14.3. The summed E-state index contributed by atoms with van der Waals surface area (Å²) in [6.45, 7) is 2.61. The first-order valence-corrected chi connectivity index (χ1v) is 9.96. The van der Waals surface area contributed by atoms with Crippen molar-refractivity contribution >= 4 is 63.5 Å². The maximum Gasteiger partial charge on any atom is 0.263 e. The van der Waals surface area contributed by atoms with Gasteiger partial charge in [-0.2, -0.15) is 0 Å². The number of halogens is 2. The number of thioether (sulfide) groups is 1. The van der Waals surface area contributed by atoms with Crippen molar-refractivity contribution in [3.05, 3.63) is 62.5 Å². The summed E-state index contributed by atoms with van der Waals surface area (Å²) in [5.41, 5.74) is 1.65. The number of ether oxygens (including phenoxy) is 2. The number of hydrogen-bond donors (Lipinski definition) is 1. The molecule has 0 atom stereocenters. The molecule has 1 saturated heterocycles. The van der Waals surface area contributed by atoms with E-state index in [0.29, 0.717) is 43.8 Å². The molecule has 0 radical (unpaired) electrons. The third kappa shape index (κ3) is 5.39. The van der Waals surface area contributed by atoms with Gasteiger partial charge >= 0.3 is 0 Å². The lowest BCUT2D eigenvalue weighted by Crippen LogP contribution is -2.17. The van der Waals surface area contributed by atoms with Crippen LogP contribution >= 0.6 is 47.2 Å². The van der Waals surface area contributed by atoms with Gasteiger partial charge in [-0.15, -0.1) is 0 Å². The van der Waals surface area contributed by atoms with Gasteiger partial charge < -0.3 is 14.8 Å². The summed E-state index contributed by atoms with van der Waals surface area (Å²) in [6.07, 6.45) is 1.71. The average Bonchev–Trinajstić information content (AvgIpc) is 2.93. The molecule has 0 unspecified atom stereocenters. The lowest BCUT2D eigenvalue weighted by Gasteiger charge is -2.12. The van der Waals surface area contributed by atoms with E-state index in [0.717, 1.165) is 11.3 Å². The molecule has 0 saturated carbocycles. The van der Waals surface area contributed by atoms with Gasteiger partial charge in [0.1, 0.15) is 29.0 Å². The van der Waals surface area contributed by atoms with Crippen LogP contribution in [-0.4, -0.2) is 23.4 Å². The van der Waals surface area contributed by atoms with Gasteiger partial charge in [0, 0.05) is 15.6 Å². The first-order chi connectivity index (χ1) is 12.9. The molecule has 1 heterocycles. The lowest BCUT2D eigenvalue weighted by molar-refractivity contribution is -0.115. The number of amides is 1. The van der Waals surface area contributed by atoms with Crippen molar-refractivity contribution in [1.82, 2.24) is 5.32 Å². The van der Waals surface area contributed by atoms with Crippen LogP contribution in [0.2, 0.25) is 10.0 Å². The number of aryl methyl sites for hydroxylation is 1. The average molecular weight is 440 g/mol. The van der Waals surface area contributed by atoms with Crippen LogP contribution in [0.15, 0.2) is 41.3 Å². The molecule has 2 aromatic rings. The summed E-state index contributed by atoms with van der Waals surface area (Å²) in [4.78, 5) is 12.4. The molecule has 8 heteroatoms. The molecule has 140 valence electrons. The maximum atomic E-state index is 11.9. The molecule has 4 nitrogen and oxygen atoms in total. The highest BCUT2D eigenvalue weighted by Crippen LogP contribution is 2.31. The number of thiocarbonyl (C=S) groups is 1. The van der Waals surface area contributed by atoms with E-state index in [-0.39, 0.29) is 5.91 Å². The van der Waals surface area contributed by atoms with Crippen LogP contribution in [0.5, 0.6) is 11.5 Å². The Morgan fingerprint density at radius 3 is 2.63 bits per heavy atom. The fourth-order valence-corrected chi connectivity index (χ4v) is 3.68. The third-order valence-electron chi connectivity index (χ3n) is 3.64. The molecule has 1 aliphatic rings. The fraction of sp³-hybridized carbons (Fsp3) is 0.158. The first-order valence-electron chi connectivity index (χ1n) is 7.98. The van der Waals surface area contributed by atoms with Crippen molar-refractivity contribution in [3.63, 3.8) is 0 Å². The Kier molecular flexibility index (Phi) is 6.65. The maximum absolute atomic E-state index is 11.9. The molecule has 1 amide bonds. The third-order valence-corrected chi connectivity index (χ3v) is 5.46. The monoisotopic (exact) mass is 439 g/mol. The molecular weight excluding hydrogens is 425 g/mol. The van der Waals surface area contributed by atoms with Gasteiger partial charge in [-0.25, -0.2) is 0 Å². The van der Waals surface area contributed by atoms with Gasteiger partial charge in [-0.05, 0) is 55.0 Å². The fourth-order valence-electron chi connectivity index (χ4n) is 2.34. The number of carbonyl (C=O) groups is 1. The van der Waals surface area contributed by atoms with E-state index in [9.17, 15) is 4.79 Å². The minimum atomic E-state index is -0.225. The number of carbonyl (C=O) groups excluding carboxylic acids is 1. The molecule has 27 heavy (non-hydrogen) atoms.